The van der Waals surface area contributed by atoms with Crippen molar-refractivity contribution in [2.45, 2.75) is 33.4 Å². The van der Waals surface area contributed by atoms with E-state index in [2.05, 4.69) is 4.98 Å². The summed E-state index contributed by atoms with van der Waals surface area (Å²) in [4.78, 5) is 41.9. The molecule has 7 heteroatoms. The van der Waals surface area contributed by atoms with Crippen LogP contribution in [0.25, 0.3) is 22.1 Å². The lowest BCUT2D eigenvalue weighted by Gasteiger charge is -2.13. The number of aromatic nitrogens is 2. The minimum atomic E-state index is -0.974. The molecule has 1 atom stereocenters. The van der Waals surface area contributed by atoms with Crippen LogP contribution in [-0.4, -0.2) is 27.4 Å². The molecule has 0 aliphatic heterocycles. The number of carbonyl (C=O) groups excluding carboxylic acids is 2. The number of hydrogen-bond donors (Lipinski definition) is 0. The van der Waals surface area contributed by atoms with Crippen molar-refractivity contribution in [3.8, 4) is 0 Å². The zero-order chi connectivity index (χ0) is 21.4. The first-order valence-electron chi connectivity index (χ1n) is 9.53. The number of aryl methyl sites for hydroxylation is 2. The van der Waals surface area contributed by atoms with Crippen LogP contribution in [0.3, 0.4) is 0 Å². The first-order valence-corrected chi connectivity index (χ1v) is 9.53. The smallest absolute Gasteiger partial charge is 0.326 e. The first kappa shape index (κ1) is 19.6. The largest absolute Gasteiger partial charge is 0.453 e. The van der Waals surface area contributed by atoms with Gasteiger partial charge in [0.15, 0.2) is 6.10 Å². The molecule has 7 nitrogen and oxygen atoms in total. The molecule has 0 saturated carbocycles. The Bertz CT molecular complexity index is 1350. The van der Waals surface area contributed by atoms with E-state index in [9.17, 15) is 14.4 Å². The molecule has 0 N–H and O–H groups in total. The number of Topliss-reactive ketones (excluding diaryl/α,β-unsaturated/α-hetero) is 1. The lowest BCUT2D eigenvalue weighted by molar-refractivity contribution is -0.147. The Kier molecular flexibility index (Phi) is 4.95. The van der Waals surface area contributed by atoms with Crippen LogP contribution in [0, 0.1) is 13.8 Å². The van der Waals surface area contributed by atoms with Crippen molar-refractivity contribution < 1.29 is 18.7 Å². The summed E-state index contributed by atoms with van der Waals surface area (Å²) in [5.74, 6) is -1.01. The predicted octanol–water partition coefficient (Wildman–Crippen LogP) is 3.57. The molecule has 0 aliphatic carbocycles. The van der Waals surface area contributed by atoms with Crippen LogP contribution in [0.2, 0.25) is 0 Å². The standard InChI is InChI=1S/C23H20N2O5/c1-13-8-9-16(10-14(13)2)21(27)15(3)29-19(26)11-25-12-24-20-17-6-4-5-7-18(17)30-22(20)23(25)28/h4-10,12,15H,11H2,1-3H3. The van der Waals surface area contributed by atoms with Crippen LogP contribution in [0.5, 0.6) is 0 Å². The van der Waals surface area contributed by atoms with Crippen LogP contribution in [0.15, 0.2) is 58.0 Å². The maximum absolute atomic E-state index is 12.7. The number of hydrogen-bond acceptors (Lipinski definition) is 6. The molecule has 0 spiro atoms. The quantitative estimate of drug-likeness (QED) is 0.373. The molecule has 4 rings (SSSR count). The fraction of sp³-hybridized carbons (Fsp3) is 0.217. The van der Waals surface area contributed by atoms with Gasteiger partial charge in [0.1, 0.15) is 17.6 Å². The zero-order valence-electron chi connectivity index (χ0n) is 16.8. The van der Waals surface area contributed by atoms with Crippen LogP contribution < -0.4 is 5.56 Å². The molecule has 2 aromatic carbocycles. The average Bonchev–Trinajstić information content (AvgIpc) is 3.11. The van der Waals surface area contributed by atoms with Crippen molar-refractivity contribution in [1.82, 2.24) is 9.55 Å². The molecule has 0 aliphatic rings. The minimum Gasteiger partial charge on any atom is -0.453 e. The van der Waals surface area contributed by atoms with Gasteiger partial charge < -0.3 is 9.15 Å². The van der Waals surface area contributed by atoms with Gasteiger partial charge in [0.05, 0.1) is 6.33 Å². The lowest BCUT2D eigenvalue weighted by atomic mass is 10.0. The van der Waals surface area contributed by atoms with Crippen molar-refractivity contribution in [3.05, 3.63) is 75.8 Å². The van der Waals surface area contributed by atoms with E-state index in [4.69, 9.17) is 9.15 Å². The van der Waals surface area contributed by atoms with Gasteiger partial charge in [-0.3, -0.25) is 19.0 Å². The SMILES string of the molecule is Cc1ccc(C(=O)C(C)OC(=O)Cn2cnc3c(oc4ccccc43)c2=O)cc1C. The summed E-state index contributed by atoms with van der Waals surface area (Å²) >= 11 is 0. The highest BCUT2D eigenvalue weighted by atomic mass is 16.5. The van der Waals surface area contributed by atoms with E-state index in [0.29, 0.717) is 16.7 Å². The third-order valence-corrected chi connectivity index (χ3v) is 5.12. The first-order chi connectivity index (χ1) is 14.3. The fourth-order valence-electron chi connectivity index (χ4n) is 3.28. The second kappa shape index (κ2) is 7.59. The van der Waals surface area contributed by atoms with Gasteiger partial charge in [0.2, 0.25) is 11.4 Å². The molecule has 0 fully saturated rings. The molecule has 2 heterocycles. The van der Waals surface area contributed by atoms with Crippen molar-refractivity contribution in [3.63, 3.8) is 0 Å². The van der Waals surface area contributed by atoms with Gasteiger partial charge in [-0.05, 0) is 50.1 Å². The monoisotopic (exact) mass is 404 g/mol. The minimum absolute atomic E-state index is 0.0748. The highest BCUT2D eigenvalue weighted by Gasteiger charge is 2.21. The second-order valence-corrected chi connectivity index (χ2v) is 7.25. The maximum Gasteiger partial charge on any atom is 0.326 e. The van der Waals surface area contributed by atoms with E-state index < -0.39 is 17.6 Å². The number of nitrogens with zero attached hydrogens (tertiary/aromatic N) is 2. The molecule has 2 aromatic heterocycles. The molecule has 0 amide bonds. The van der Waals surface area contributed by atoms with Gasteiger partial charge in [-0.25, -0.2) is 4.98 Å². The van der Waals surface area contributed by atoms with Crippen molar-refractivity contribution in [2.75, 3.05) is 0 Å². The summed E-state index contributed by atoms with van der Waals surface area (Å²) in [6.07, 6.45) is 0.308. The number of ether oxygens (including phenoxy) is 1. The third-order valence-electron chi connectivity index (χ3n) is 5.12. The Balaban J connectivity index is 1.52. The van der Waals surface area contributed by atoms with E-state index in [1.165, 1.54) is 13.3 Å². The van der Waals surface area contributed by atoms with Gasteiger partial charge >= 0.3 is 5.97 Å². The van der Waals surface area contributed by atoms with Gasteiger partial charge in [0.25, 0.3) is 5.56 Å². The lowest BCUT2D eigenvalue weighted by Crippen LogP contribution is -2.30. The maximum atomic E-state index is 12.7. The Hall–Kier alpha value is -3.74. The average molecular weight is 404 g/mol. The van der Waals surface area contributed by atoms with Gasteiger partial charge in [-0.2, -0.15) is 0 Å². The Morgan fingerprint density at radius 3 is 2.67 bits per heavy atom. The summed E-state index contributed by atoms with van der Waals surface area (Å²) in [7, 11) is 0. The summed E-state index contributed by atoms with van der Waals surface area (Å²) in [6, 6.07) is 12.5. The number of esters is 1. The Morgan fingerprint density at radius 1 is 1.13 bits per heavy atom. The van der Waals surface area contributed by atoms with Crippen molar-refractivity contribution in [2.24, 2.45) is 0 Å². The van der Waals surface area contributed by atoms with E-state index in [1.807, 2.05) is 32.0 Å². The zero-order valence-corrected chi connectivity index (χ0v) is 16.8. The molecule has 30 heavy (non-hydrogen) atoms. The summed E-state index contributed by atoms with van der Waals surface area (Å²) in [6.45, 7) is 5.01. The summed E-state index contributed by atoms with van der Waals surface area (Å²) in [5, 5.41) is 0.729. The van der Waals surface area contributed by atoms with Crippen molar-refractivity contribution >= 4 is 33.8 Å². The third kappa shape index (κ3) is 3.50. The van der Waals surface area contributed by atoms with Crippen molar-refractivity contribution in [1.29, 1.82) is 0 Å². The van der Waals surface area contributed by atoms with E-state index >= 15 is 0 Å². The number of carbonyl (C=O) groups is 2. The van der Waals surface area contributed by atoms with E-state index in [-0.39, 0.29) is 17.9 Å². The number of rotatable bonds is 5. The highest BCUT2D eigenvalue weighted by Crippen LogP contribution is 2.24. The number of fused-ring (bicyclic) bond motifs is 3. The van der Waals surface area contributed by atoms with Crippen LogP contribution in [0.4, 0.5) is 0 Å². The molecule has 152 valence electrons. The summed E-state index contributed by atoms with van der Waals surface area (Å²) in [5.41, 5.74) is 3.11. The number of ketones is 1. The predicted molar refractivity (Wildman–Crippen MR) is 112 cm³/mol. The van der Waals surface area contributed by atoms with Gasteiger partial charge in [-0.15, -0.1) is 0 Å². The Labute approximate surface area is 171 Å². The fourth-order valence-corrected chi connectivity index (χ4v) is 3.28. The Morgan fingerprint density at radius 2 is 1.90 bits per heavy atom. The van der Waals surface area contributed by atoms with E-state index in [0.717, 1.165) is 21.1 Å². The van der Waals surface area contributed by atoms with Crippen LogP contribution in [-0.2, 0) is 16.1 Å². The molecule has 1 unspecified atom stereocenters. The van der Waals surface area contributed by atoms with E-state index in [1.54, 1.807) is 24.3 Å². The molecule has 0 saturated heterocycles. The van der Waals surface area contributed by atoms with Gasteiger partial charge in [0, 0.05) is 10.9 Å². The van der Waals surface area contributed by atoms with Crippen LogP contribution in [0.1, 0.15) is 28.4 Å². The molecular formula is C23H20N2O5. The van der Waals surface area contributed by atoms with Crippen LogP contribution >= 0.6 is 0 Å². The van der Waals surface area contributed by atoms with Gasteiger partial charge in [-0.1, -0.05) is 24.3 Å². The molecule has 0 radical (unpaired) electrons. The number of benzene rings is 2. The summed E-state index contributed by atoms with van der Waals surface area (Å²) < 4.78 is 12.0. The number of para-hydroxylation sites is 1. The molecule has 0 bridgehead atoms. The highest BCUT2D eigenvalue weighted by molar-refractivity contribution is 6.02. The molecule has 4 aromatic rings. The second-order valence-electron chi connectivity index (χ2n) is 7.25. The number of furan rings is 1. The topological polar surface area (TPSA) is 91.4 Å². The molecular weight excluding hydrogens is 384 g/mol. The normalized spacial score (nSPS) is 12.2.